The zero-order valence-corrected chi connectivity index (χ0v) is 12.9. The minimum atomic E-state index is -0.177. The number of benzene rings is 2. The Hall–Kier alpha value is -2.82. The molecular weight excluding hydrogens is 292 g/mol. The summed E-state index contributed by atoms with van der Waals surface area (Å²) < 4.78 is 5.39. The van der Waals surface area contributed by atoms with Gasteiger partial charge in [-0.15, -0.1) is 0 Å². The molecule has 0 unspecified atom stereocenters. The van der Waals surface area contributed by atoms with Gasteiger partial charge < -0.3 is 15.0 Å². The van der Waals surface area contributed by atoms with Gasteiger partial charge in [-0.3, -0.25) is 9.59 Å². The van der Waals surface area contributed by atoms with Crippen LogP contribution in [0.2, 0.25) is 0 Å². The highest BCUT2D eigenvalue weighted by Crippen LogP contribution is 2.29. The van der Waals surface area contributed by atoms with Crippen LogP contribution in [-0.4, -0.2) is 25.0 Å². The Balaban J connectivity index is 1.77. The van der Waals surface area contributed by atoms with Gasteiger partial charge in [0.25, 0.3) is 0 Å². The lowest BCUT2D eigenvalue weighted by molar-refractivity contribution is -0.121. The predicted octanol–water partition coefficient (Wildman–Crippen LogP) is 2.61. The van der Waals surface area contributed by atoms with Crippen LogP contribution in [0.1, 0.15) is 12.5 Å². The molecule has 5 nitrogen and oxygen atoms in total. The molecule has 5 heteroatoms. The van der Waals surface area contributed by atoms with Crippen molar-refractivity contribution in [2.24, 2.45) is 0 Å². The fourth-order valence-electron chi connectivity index (χ4n) is 2.60. The van der Waals surface area contributed by atoms with Gasteiger partial charge >= 0.3 is 0 Å². The van der Waals surface area contributed by atoms with E-state index in [1.54, 1.807) is 6.07 Å². The topological polar surface area (TPSA) is 58.6 Å². The lowest BCUT2D eigenvalue weighted by Crippen LogP contribution is -2.42. The van der Waals surface area contributed by atoms with Crippen LogP contribution in [0.5, 0.6) is 5.75 Å². The minimum Gasteiger partial charge on any atom is -0.494 e. The van der Waals surface area contributed by atoms with E-state index in [9.17, 15) is 9.59 Å². The third-order valence-corrected chi connectivity index (χ3v) is 3.66. The first-order valence-corrected chi connectivity index (χ1v) is 7.58. The fraction of sp³-hybridized carbons (Fsp3) is 0.222. The Kier molecular flexibility index (Phi) is 4.28. The standard InChI is InChI=1S/C18H18N2O3/c1-2-23-14-9-7-13(8-10-14)11-18(22)20-12-17(21)19-15-5-3-4-6-16(15)20/h3-10H,2,11-12H2,1H3,(H,19,21). The van der Waals surface area contributed by atoms with Gasteiger partial charge in [0.1, 0.15) is 12.3 Å². The molecule has 23 heavy (non-hydrogen) atoms. The number of fused-ring (bicyclic) bond motifs is 1. The number of anilines is 2. The van der Waals surface area contributed by atoms with E-state index in [1.165, 1.54) is 4.90 Å². The molecule has 1 aliphatic rings. The highest BCUT2D eigenvalue weighted by Gasteiger charge is 2.26. The second-order valence-electron chi connectivity index (χ2n) is 5.30. The van der Waals surface area contributed by atoms with Gasteiger partial charge in [0.05, 0.1) is 24.4 Å². The van der Waals surface area contributed by atoms with Gasteiger partial charge in [0.2, 0.25) is 11.8 Å². The first-order chi connectivity index (χ1) is 11.2. The van der Waals surface area contributed by atoms with Gasteiger partial charge in [0, 0.05) is 0 Å². The predicted molar refractivity (Wildman–Crippen MR) is 88.7 cm³/mol. The smallest absolute Gasteiger partial charge is 0.244 e. The average Bonchev–Trinajstić information content (AvgIpc) is 2.56. The van der Waals surface area contributed by atoms with Gasteiger partial charge in [-0.2, -0.15) is 0 Å². The Labute approximate surface area is 134 Å². The number of carbonyl (C=O) groups is 2. The number of nitrogens with one attached hydrogen (secondary N) is 1. The summed E-state index contributed by atoms with van der Waals surface area (Å²) in [7, 11) is 0. The molecule has 118 valence electrons. The van der Waals surface area contributed by atoms with Gasteiger partial charge in [-0.05, 0) is 36.8 Å². The molecule has 0 spiro atoms. The van der Waals surface area contributed by atoms with Crippen molar-refractivity contribution in [1.29, 1.82) is 0 Å². The highest BCUT2D eigenvalue weighted by molar-refractivity contribution is 6.10. The summed E-state index contributed by atoms with van der Waals surface area (Å²) in [6, 6.07) is 14.8. The zero-order valence-electron chi connectivity index (χ0n) is 12.9. The largest absolute Gasteiger partial charge is 0.494 e. The Morgan fingerprint density at radius 1 is 1.17 bits per heavy atom. The molecule has 2 amide bonds. The van der Waals surface area contributed by atoms with Crippen molar-refractivity contribution >= 4 is 23.2 Å². The van der Waals surface area contributed by atoms with Crippen molar-refractivity contribution in [2.75, 3.05) is 23.4 Å². The molecule has 2 aromatic carbocycles. The van der Waals surface area contributed by atoms with Crippen molar-refractivity contribution in [3.05, 3.63) is 54.1 Å². The number of hydrogen-bond acceptors (Lipinski definition) is 3. The summed E-state index contributed by atoms with van der Waals surface area (Å²) in [6.45, 7) is 2.58. The number of para-hydroxylation sites is 2. The fourth-order valence-corrected chi connectivity index (χ4v) is 2.60. The monoisotopic (exact) mass is 310 g/mol. The van der Waals surface area contributed by atoms with Crippen molar-refractivity contribution in [1.82, 2.24) is 0 Å². The van der Waals surface area contributed by atoms with Crippen molar-refractivity contribution < 1.29 is 14.3 Å². The first kappa shape index (κ1) is 15.1. The maximum Gasteiger partial charge on any atom is 0.244 e. The molecule has 3 rings (SSSR count). The van der Waals surface area contributed by atoms with E-state index in [2.05, 4.69) is 5.32 Å². The highest BCUT2D eigenvalue weighted by atomic mass is 16.5. The molecule has 0 fully saturated rings. The normalized spacial score (nSPS) is 13.3. The minimum absolute atomic E-state index is 0.0485. The third kappa shape index (κ3) is 3.34. The quantitative estimate of drug-likeness (QED) is 0.944. The van der Waals surface area contributed by atoms with Gasteiger partial charge in [-0.1, -0.05) is 24.3 Å². The van der Waals surface area contributed by atoms with E-state index in [1.807, 2.05) is 49.4 Å². The Morgan fingerprint density at radius 3 is 2.65 bits per heavy atom. The Bertz CT molecular complexity index is 725. The number of ether oxygens (including phenoxy) is 1. The summed E-state index contributed by atoms with van der Waals surface area (Å²) in [5, 5.41) is 2.78. The summed E-state index contributed by atoms with van der Waals surface area (Å²) >= 11 is 0. The van der Waals surface area contributed by atoms with Crippen LogP contribution in [0.4, 0.5) is 11.4 Å². The first-order valence-electron chi connectivity index (χ1n) is 7.58. The molecule has 0 saturated carbocycles. The van der Waals surface area contributed by atoms with Crippen molar-refractivity contribution in [3.63, 3.8) is 0 Å². The zero-order chi connectivity index (χ0) is 16.2. The summed E-state index contributed by atoms with van der Waals surface area (Å²) in [5.41, 5.74) is 2.30. The van der Waals surface area contributed by atoms with E-state index in [0.29, 0.717) is 12.3 Å². The summed E-state index contributed by atoms with van der Waals surface area (Å²) in [6.07, 6.45) is 0.244. The van der Waals surface area contributed by atoms with Crippen LogP contribution >= 0.6 is 0 Å². The molecule has 1 aliphatic heterocycles. The molecule has 2 aromatic rings. The number of nitrogens with zero attached hydrogens (tertiary/aromatic N) is 1. The van der Waals surface area contributed by atoms with E-state index in [0.717, 1.165) is 17.0 Å². The second kappa shape index (κ2) is 6.52. The molecule has 0 aliphatic carbocycles. The molecule has 0 aromatic heterocycles. The summed E-state index contributed by atoms with van der Waals surface area (Å²) in [4.78, 5) is 25.9. The van der Waals surface area contributed by atoms with Crippen LogP contribution in [0.3, 0.4) is 0 Å². The van der Waals surface area contributed by atoms with Crippen molar-refractivity contribution in [3.8, 4) is 5.75 Å². The van der Waals surface area contributed by atoms with Crippen LogP contribution in [0.25, 0.3) is 0 Å². The Morgan fingerprint density at radius 2 is 1.91 bits per heavy atom. The SMILES string of the molecule is CCOc1ccc(CC(=O)N2CC(=O)Nc3ccccc32)cc1. The maximum atomic E-state index is 12.6. The molecule has 1 heterocycles. The lowest BCUT2D eigenvalue weighted by atomic mass is 10.1. The van der Waals surface area contributed by atoms with E-state index in [4.69, 9.17) is 4.74 Å². The van der Waals surface area contributed by atoms with Crippen molar-refractivity contribution in [2.45, 2.75) is 13.3 Å². The lowest BCUT2D eigenvalue weighted by Gasteiger charge is -2.29. The average molecular weight is 310 g/mol. The van der Waals surface area contributed by atoms with Crippen LogP contribution in [-0.2, 0) is 16.0 Å². The third-order valence-electron chi connectivity index (χ3n) is 3.66. The summed E-state index contributed by atoms with van der Waals surface area (Å²) in [5.74, 6) is 0.506. The second-order valence-corrected chi connectivity index (χ2v) is 5.30. The van der Waals surface area contributed by atoms with Crippen LogP contribution in [0, 0.1) is 0 Å². The van der Waals surface area contributed by atoms with Crippen LogP contribution < -0.4 is 15.0 Å². The number of hydrogen-bond donors (Lipinski definition) is 1. The van der Waals surface area contributed by atoms with Crippen LogP contribution in [0.15, 0.2) is 48.5 Å². The molecule has 0 atom stereocenters. The molecular formula is C18H18N2O3. The molecule has 0 bridgehead atoms. The number of rotatable bonds is 4. The van der Waals surface area contributed by atoms with Gasteiger partial charge in [-0.25, -0.2) is 0 Å². The van der Waals surface area contributed by atoms with Gasteiger partial charge in [0.15, 0.2) is 0 Å². The molecule has 0 radical (unpaired) electrons. The number of carbonyl (C=O) groups excluding carboxylic acids is 2. The molecule has 0 saturated heterocycles. The van der Waals surface area contributed by atoms with E-state index >= 15 is 0 Å². The number of amides is 2. The maximum absolute atomic E-state index is 12.6. The molecule has 1 N–H and O–H groups in total. The van der Waals surface area contributed by atoms with E-state index in [-0.39, 0.29) is 24.8 Å². The van der Waals surface area contributed by atoms with E-state index < -0.39 is 0 Å².